The lowest BCUT2D eigenvalue weighted by Crippen LogP contribution is -2.34. The van der Waals surface area contributed by atoms with E-state index in [9.17, 15) is 9.59 Å². The molecular formula is C22H33N3O3. The van der Waals surface area contributed by atoms with Crippen LogP contribution in [-0.4, -0.2) is 31.2 Å². The summed E-state index contributed by atoms with van der Waals surface area (Å²) >= 11 is 0. The maximum Gasteiger partial charge on any atom is 0.259 e. The Morgan fingerprint density at radius 1 is 1.11 bits per heavy atom. The predicted octanol–water partition coefficient (Wildman–Crippen LogP) is 3.96. The second-order valence-corrected chi connectivity index (χ2v) is 6.61. The largest absolute Gasteiger partial charge is 0.490 e. The van der Waals surface area contributed by atoms with Crippen molar-refractivity contribution in [2.45, 2.75) is 58.3 Å². The minimum absolute atomic E-state index is 0.0742. The number of hydrazone groups is 1. The average molecular weight is 388 g/mol. The average Bonchev–Trinajstić information content (AvgIpc) is 2.70. The summed E-state index contributed by atoms with van der Waals surface area (Å²) in [5.74, 6) is 0.246. The number of hydrogen-bond acceptors (Lipinski definition) is 4. The van der Waals surface area contributed by atoms with Crippen LogP contribution in [0.1, 0.15) is 63.9 Å². The zero-order valence-corrected chi connectivity index (χ0v) is 16.9. The first kappa shape index (κ1) is 23.4. The summed E-state index contributed by atoms with van der Waals surface area (Å²) in [6, 6.07) is 7.33. The van der Waals surface area contributed by atoms with Crippen LogP contribution in [-0.2, 0) is 9.59 Å². The van der Waals surface area contributed by atoms with Crippen LogP contribution in [0.25, 0.3) is 0 Å². The number of ether oxygens (including phenoxy) is 1. The van der Waals surface area contributed by atoms with Crippen LogP contribution >= 0.6 is 0 Å². The third-order valence-electron chi connectivity index (χ3n) is 4.08. The van der Waals surface area contributed by atoms with Gasteiger partial charge in [-0.05, 0) is 24.1 Å². The number of rotatable bonds is 15. The molecule has 0 bridgehead atoms. The molecule has 6 heteroatoms. The van der Waals surface area contributed by atoms with E-state index in [0.717, 1.165) is 18.4 Å². The van der Waals surface area contributed by atoms with Gasteiger partial charge in [0, 0.05) is 6.42 Å². The summed E-state index contributed by atoms with van der Waals surface area (Å²) < 4.78 is 5.44. The number of benzene rings is 1. The highest BCUT2D eigenvalue weighted by Gasteiger charge is 2.04. The minimum atomic E-state index is -0.358. The van der Waals surface area contributed by atoms with Crippen molar-refractivity contribution in [3.8, 4) is 5.75 Å². The summed E-state index contributed by atoms with van der Waals surface area (Å²) in [5, 5.41) is 6.52. The molecule has 154 valence electrons. The normalized spacial score (nSPS) is 10.6. The molecule has 0 fully saturated rings. The standard InChI is InChI=1S/C22H33N3O3/c1-3-5-6-7-8-9-10-14-21(26)23-18-22(27)25-24-17-19-12-11-13-20(16-19)28-15-4-2/h4,11-13,16-17H,2-3,5-10,14-15,18H2,1H3,(H,23,26)(H,25,27)/b24-17+. The molecule has 0 heterocycles. The van der Waals surface area contributed by atoms with E-state index in [4.69, 9.17) is 4.74 Å². The Labute approximate surface area is 168 Å². The summed E-state index contributed by atoms with van der Waals surface area (Å²) in [4.78, 5) is 23.5. The van der Waals surface area contributed by atoms with Gasteiger partial charge in [0.25, 0.3) is 5.91 Å². The molecule has 1 rings (SSSR count). The summed E-state index contributed by atoms with van der Waals surface area (Å²) in [5.41, 5.74) is 3.20. The van der Waals surface area contributed by atoms with Gasteiger partial charge in [-0.25, -0.2) is 5.43 Å². The molecule has 0 saturated heterocycles. The van der Waals surface area contributed by atoms with Crippen LogP contribution in [0.4, 0.5) is 0 Å². The van der Waals surface area contributed by atoms with Gasteiger partial charge in [0.05, 0.1) is 12.8 Å². The maximum absolute atomic E-state index is 11.8. The maximum atomic E-state index is 11.8. The number of unbranched alkanes of at least 4 members (excludes halogenated alkanes) is 6. The van der Waals surface area contributed by atoms with E-state index in [2.05, 4.69) is 29.3 Å². The Morgan fingerprint density at radius 2 is 1.86 bits per heavy atom. The van der Waals surface area contributed by atoms with Crippen molar-refractivity contribution >= 4 is 18.0 Å². The van der Waals surface area contributed by atoms with Crippen LogP contribution in [0, 0.1) is 0 Å². The molecule has 1 aromatic carbocycles. The zero-order valence-electron chi connectivity index (χ0n) is 16.9. The number of nitrogens with one attached hydrogen (secondary N) is 2. The smallest absolute Gasteiger partial charge is 0.259 e. The highest BCUT2D eigenvalue weighted by Crippen LogP contribution is 2.11. The van der Waals surface area contributed by atoms with Crippen LogP contribution in [0.15, 0.2) is 42.0 Å². The molecule has 0 aromatic heterocycles. The lowest BCUT2D eigenvalue weighted by molar-refractivity contribution is -0.126. The molecule has 0 aliphatic rings. The third kappa shape index (κ3) is 11.9. The first-order valence-electron chi connectivity index (χ1n) is 10.1. The molecule has 0 radical (unpaired) electrons. The van der Waals surface area contributed by atoms with Gasteiger partial charge < -0.3 is 10.1 Å². The Kier molecular flexibility index (Phi) is 12.9. The van der Waals surface area contributed by atoms with Crippen molar-refractivity contribution in [3.05, 3.63) is 42.5 Å². The molecule has 2 N–H and O–H groups in total. The lowest BCUT2D eigenvalue weighted by atomic mass is 10.1. The molecule has 0 saturated carbocycles. The van der Waals surface area contributed by atoms with Gasteiger partial charge in [0.1, 0.15) is 12.4 Å². The van der Waals surface area contributed by atoms with Crippen LogP contribution in [0.5, 0.6) is 5.75 Å². The molecule has 0 aliphatic heterocycles. The van der Waals surface area contributed by atoms with Gasteiger partial charge in [0.15, 0.2) is 0 Å². The molecule has 0 unspecified atom stereocenters. The Hall–Kier alpha value is -2.63. The fraction of sp³-hybridized carbons (Fsp3) is 0.500. The second-order valence-electron chi connectivity index (χ2n) is 6.61. The first-order chi connectivity index (χ1) is 13.7. The summed E-state index contributed by atoms with van der Waals surface area (Å²) in [6.07, 6.45) is 11.8. The first-order valence-corrected chi connectivity index (χ1v) is 10.1. The Balaban J connectivity index is 2.16. The quantitative estimate of drug-likeness (QED) is 0.207. The Morgan fingerprint density at radius 3 is 2.61 bits per heavy atom. The third-order valence-corrected chi connectivity index (χ3v) is 4.08. The number of amides is 2. The van der Waals surface area contributed by atoms with E-state index < -0.39 is 0 Å². The van der Waals surface area contributed by atoms with Crippen LogP contribution < -0.4 is 15.5 Å². The summed E-state index contributed by atoms with van der Waals surface area (Å²) in [6.45, 7) is 6.15. The molecule has 28 heavy (non-hydrogen) atoms. The van der Waals surface area contributed by atoms with Crippen LogP contribution in [0.3, 0.4) is 0 Å². The minimum Gasteiger partial charge on any atom is -0.490 e. The number of carbonyl (C=O) groups is 2. The van der Waals surface area contributed by atoms with Gasteiger partial charge in [0.2, 0.25) is 5.91 Å². The number of carbonyl (C=O) groups excluding carboxylic acids is 2. The molecule has 0 aliphatic carbocycles. The molecule has 2 amide bonds. The van der Waals surface area contributed by atoms with E-state index in [-0.39, 0.29) is 18.4 Å². The van der Waals surface area contributed by atoms with Crippen molar-refractivity contribution < 1.29 is 14.3 Å². The zero-order chi connectivity index (χ0) is 20.5. The van der Waals surface area contributed by atoms with E-state index in [1.165, 1.54) is 38.3 Å². The molecule has 0 atom stereocenters. The van der Waals surface area contributed by atoms with Crippen molar-refractivity contribution in [2.75, 3.05) is 13.2 Å². The van der Waals surface area contributed by atoms with Crippen molar-refractivity contribution in [1.29, 1.82) is 0 Å². The van der Waals surface area contributed by atoms with Crippen molar-refractivity contribution in [2.24, 2.45) is 5.10 Å². The van der Waals surface area contributed by atoms with Crippen molar-refractivity contribution in [1.82, 2.24) is 10.7 Å². The fourth-order valence-corrected chi connectivity index (χ4v) is 2.57. The van der Waals surface area contributed by atoms with Crippen molar-refractivity contribution in [3.63, 3.8) is 0 Å². The topological polar surface area (TPSA) is 79.8 Å². The number of hydrogen-bond donors (Lipinski definition) is 2. The summed E-state index contributed by atoms with van der Waals surface area (Å²) in [7, 11) is 0. The highest BCUT2D eigenvalue weighted by atomic mass is 16.5. The highest BCUT2D eigenvalue weighted by molar-refractivity contribution is 5.86. The molecule has 0 spiro atoms. The van der Waals surface area contributed by atoms with E-state index in [1.807, 2.05) is 24.3 Å². The van der Waals surface area contributed by atoms with E-state index in [0.29, 0.717) is 18.8 Å². The van der Waals surface area contributed by atoms with Crippen LogP contribution in [0.2, 0.25) is 0 Å². The second kappa shape index (κ2) is 15.4. The van der Waals surface area contributed by atoms with Gasteiger partial charge in [-0.3, -0.25) is 9.59 Å². The molecular weight excluding hydrogens is 354 g/mol. The number of nitrogens with zero attached hydrogens (tertiary/aromatic N) is 1. The molecule has 1 aromatic rings. The molecule has 6 nitrogen and oxygen atoms in total. The van der Waals surface area contributed by atoms with Gasteiger partial charge in [-0.15, -0.1) is 0 Å². The van der Waals surface area contributed by atoms with Gasteiger partial charge >= 0.3 is 0 Å². The monoisotopic (exact) mass is 387 g/mol. The lowest BCUT2D eigenvalue weighted by Gasteiger charge is -2.05. The van der Waals surface area contributed by atoms with Gasteiger partial charge in [-0.1, -0.05) is 70.2 Å². The Bertz CT molecular complexity index is 629. The predicted molar refractivity (Wildman–Crippen MR) is 113 cm³/mol. The SMILES string of the molecule is C=CCOc1cccc(/C=N/NC(=O)CNC(=O)CCCCCCCCC)c1. The van der Waals surface area contributed by atoms with E-state index >= 15 is 0 Å². The van der Waals surface area contributed by atoms with E-state index in [1.54, 1.807) is 6.08 Å². The fourth-order valence-electron chi connectivity index (χ4n) is 2.57. The van der Waals surface area contributed by atoms with Gasteiger partial charge in [-0.2, -0.15) is 5.10 Å².